The Hall–Kier alpha value is -2.38. The van der Waals surface area contributed by atoms with Crippen LogP contribution < -0.4 is 4.90 Å². The van der Waals surface area contributed by atoms with Gasteiger partial charge in [0.1, 0.15) is 5.82 Å². The lowest BCUT2D eigenvalue weighted by molar-refractivity contribution is 0.145. The summed E-state index contributed by atoms with van der Waals surface area (Å²) < 4.78 is 0. The normalized spacial score (nSPS) is 15.7. The van der Waals surface area contributed by atoms with Gasteiger partial charge in [-0.25, -0.2) is 9.97 Å². The summed E-state index contributed by atoms with van der Waals surface area (Å²) in [6.45, 7) is 1.64. The van der Waals surface area contributed by atoms with Crippen LogP contribution in [0.15, 0.2) is 36.5 Å². The van der Waals surface area contributed by atoms with Crippen LogP contribution in [0.5, 0.6) is 0 Å². The maximum Gasteiger partial charge on any atom is 0.206 e. The lowest BCUT2D eigenvalue weighted by Crippen LogP contribution is -2.36. The van der Waals surface area contributed by atoms with Crippen molar-refractivity contribution >= 4 is 5.82 Å². The van der Waals surface area contributed by atoms with Gasteiger partial charge in [-0.2, -0.15) is 0 Å². The highest BCUT2D eigenvalue weighted by Gasteiger charge is 2.18. The topological polar surface area (TPSA) is 49.2 Å². The summed E-state index contributed by atoms with van der Waals surface area (Å²) in [7, 11) is 0. The maximum absolute atomic E-state index is 9.38. The second-order valence-electron chi connectivity index (χ2n) is 5.18. The molecule has 1 aliphatic heterocycles. The van der Waals surface area contributed by atoms with Gasteiger partial charge in [0.25, 0.3) is 0 Å². The molecule has 1 saturated heterocycles. The Bertz CT molecular complexity index is 652. The van der Waals surface area contributed by atoms with Crippen molar-refractivity contribution in [2.75, 3.05) is 18.0 Å². The first-order valence-corrected chi connectivity index (χ1v) is 7.09. The Balaban J connectivity index is 0.000000180. The minimum atomic E-state index is -0.171. The Morgan fingerprint density at radius 1 is 1.19 bits per heavy atom. The predicted octanol–water partition coefficient (Wildman–Crippen LogP) is 2.09. The average molecular weight is 279 g/mol. The maximum atomic E-state index is 9.38. The van der Waals surface area contributed by atoms with E-state index in [2.05, 4.69) is 45.1 Å². The monoisotopic (exact) mass is 279 g/mol. The van der Waals surface area contributed by atoms with E-state index in [0.717, 1.165) is 31.7 Å². The summed E-state index contributed by atoms with van der Waals surface area (Å²) in [5.41, 5.74) is 2.85. The van der Waals surface area contributed by atoms with Gasteiger partial charge in [0, 0.05) is 19.3 Å². The summed E-state index contributed by atoms with van der Waals surface area (Å²) in [5, 5.41) is 9.38. The number of aromatic nitrogens is 2. The third-order valence-electron chi connectivity index (χ3n) is 3.67. The molecule has 3 aliphatic rings. The van der Waals surface area contributed by atoms with Crippen molar-refractivity contribution in [3.05, 3.63) is 42.4 Å². The van der Waals surface area contributed by atoms with Crippen LogP contribution in [0.3, 0.4) is 0 Å². The van der Waals surface area contributed by atoms with Gasteiger partial charge in [-0.05, 0) is 42.0 Å². The summed E-state index contributed by atoms with van der Waals surface area (Å²) in [5.74, 6) is 3.68. The molecule has 0 spiro atoms. The van der Waals surface area contributed by atoms with Crippen molar-refractivity contribution in [3.63, 3.8) is 0 Å². The fraction of sp³-hybridized carbons (Fsp3) is 0.294. The van der Waals surface area contributed by atoms with Gasteiger partial charge in [0.2, 0.25) is 5.82 Å². The number of benzene rings is 1. The Morgan fingerprint density at radius 3 is 2.43 bits per heavy atom. The highest BCUT2D eigenvalue weighted by atomic mass is 16.3. The Labute approximate surface area is 124 Å². The first-order valence-electron chi connectivity index (χ1n) is 7.09. The van der Waals surface area contributed by atoms with E-state index in [1.54, 1.807) is 6.20 Å². The summed E-state index contributed by atoms with van der Waals surface area (Å²) in [6.07, 6.45) is 8.31. The number of hydrogen-bond donors (Lipinski definition) is 1. The third kappa shape index (κ3) is 3.39. The number of aliphatic hydroxyl groups is 1. The molecule has 1 aromatic rings. The summed E-state index contributed by atoms with van der Waals surface area (Å²) in [6, 6.07) is 10.3. The minimum Gasteiger partial charge on any atom is -0.393 e. The first-order chi connectivity index (χ1) is 10.3. The van der Waals surface area contributed by atoms with Crippen LogP contribution in [0.2, 0.25) is 0 Å². The van der Waals surface area contributed by atoms with Crippen LogP contribution in [-0.2, 0) is 0 Å². The van der Waals surface area contributed by atoms with Crippen molar-refractivity contribution in [1.29, 1.82) is 0 Å². The number of aliphatic hydroxyl groups excluding tert-OH is 1. The highest BCUT2D eigenvalue weighted by molar-refractivity contribution is 5.80. The van der Waals surface area contributed by atoms with E-state index in [1.807, 2.05) is 6.07 Å². The molecule has 2 aliphatic carbocycles. The molecule has 1 aromatic heterocycles. The van der Waals surface area contributed by atoms with E-state index in [0.29, 0.717) is 5.82 Å². The van der Waals surface area contributed by atoms with Crippen LogP contribution in [0.1, 0.15) is 18.7 Å². The fourth-order valence-corrected chi connectivity index (χ4v) is 2.37. The zero-order valence-corrected chi connectivity index (χ0v) is 11.7. The zero-order chi connectivity index (χ0) is 14.7. The van der Waals surface area contributed by atoms with Crippen LogP contribution >= 0.6 is 0 Å². The molecule has 4 nitrogen and oxygen atoms in total. The molecule has 4 rings (SSSR count). The molecule has 0 saturated carbocycles. The van der Waals surface area contributed by atoms with E-state index in [9.17, 15) is 5.11 Å². The number of nitrogens with zero attached hydrogens (tertiary/aromatic N) is 3. The van der Waals surface area contributed by atoms with Crippen LogP contribution in [0, 0.1) is 12.3 Å². The number of fused-ring (bicyclic) bond motifs is 1. The third-order valence-corrected chi connectivity index (χ3v) is 3.67. The number of anilines is 1. The molecule has 1 N–H and O–H groups in total. The second kappa shape index (κ2) is 5.94. The molecule has 0 aromatic carbocycles. The van der Waals surface area contributed by atoms with Crippen LogP contribution in [0.4, 0.5) is 5.82 Å². The van der Waals surface area contributed by atoms with Gasteiger partial charge in [0.05, 0.1) is 6.10 Å². The molecular weight excluding hydrogens is 262 g/mol. The van der Waals surface area contributed by atoms with E-state index in [1.165, 1.54) is 11.1 Å². The molecule has 2 heterocycles. The molecule has 0 atom stereocenters. The summed E-state index contributed by atoms with van der Waals surface area (Å²) >= 11 is 0. The largest absolute Gasteiger partial charge is 0.393 e. The van der Waals surface area contributed by atoms with Crippen molar-refractivity contribution < 1.29 is 5.11 Å². The van der Waals surface area contributed by atoms with E-state index in [4.69, 9.17) is 6.42 Å². The first kappa shape index (κ1) is 13.6. The minimum absolute atomic E-state index is 0.171. The van der Waals surface area contributed by atoms with Gasteiger partial charge in [0.15, 0.2) is 0 Å². The summed E-state index contributed by atoms with van der Waals surface area (Å²) in [4.78, 5) is 10.3. The molecule has 0 radical (unpaired) electrons. The number of rotatable bonds is 1. The smallest absolute Gasteiger partial charge is 0.206 e. The predicted molar refractivity (Wildman–Crippen MR) is 82.9 cm³/mol. The Morgan fingerprint density at radius 2 is 1.90 bits per heavy atom. The number of piperidine rings is 1. The SMILES string of the molecule is C#Cc1nccc(N2CCC(O)CC2)n1.c1cc2cc-2c1. The van der Waals surface area contributed by atoms with Gasteiger partial charge in [-0.3, -0.25) is 0 Å². The van der Waals surface area contributed by atoms with E-state index >= 15 is 0 Å². The van der Waals surface area contributed by atoms with Crippen LogP contribution in [0.25, 0.3) is 11.1 Å². The molecule has 106 valence electrons. The molecule has 0 unspecified atom stereocenters. The van der Waals surface area contributed by atoms with Crippen LogP contribution in [-0.4, -0.2) is 34.3 Å². The van der Waals surface area contributed by atoms with Gasteiger partial charge in [-0.15, -0.1) is 6.42 Å². The van der Waals surface area contributed by atoms with Crippen molar-refractivity contribution in [3.8, 4) is 23.5 Å². The van der Waals surface area contributed by atoms with Gasteiger partial charge in [-0.1, -0.05) is 18.2 Å². The number of terminal acetylenes is 1. The molecule has 0 amide bonds. The van der Waals surface area contributed by atoms with E-state index < -0.39 is 0 Å². The Kier molecular flexibility index (Phi) is 3.85. The molecule has 4 heteroatoms. The molecule has 21 heavy (non-hydrogen) atoms. The molecular formula is C17H17N3O. The van der Waals surface area contributed by atoms with E-state index in [-0.39, 0.29) is 6.10 Å². The highest BCUT2D eigenvalue weighted by Crippen LogP contribution is 2.32. The standard InChI is InChI=1S/C11H13N3O.C6H4/c1-2-10-12-6-3-11(13-10)14-7-4-9(15)5-8-14;1-2-5-4-6(5)3-1/h1,3,6,9,15H,4-5,7-8H2;1-4H. The van der Waals surface area contributed by atoms with Gasteiger partial charge < -0.3 is 10.0 Å². The quantitative estimate of drug-likeness (QED) is 0.693. The molecule has 0 bridgehead atoms. The lowest BCUT2D eigenvalue weighted by atomic mass is 10.1. The lowest BCUT2D eigenvalue weighted by Gasteiger charge is -2.30. The van der Waals surface area contributed by atoms with Crippen molar-refractivity contribution in [2.45, 2.75) is 18.9 Å². The number of hydrogen-bond acceptors (Lipinski definition) is 4. The molecule has 1 fully saturated rings. The van der Waals surface area contributed by atoms with Gasteiger partial charge >= 0.3 is 0 Å². The zero-order valence-electron chi connectivity index (χ0n) is 11.7. The fourth-order valence-electron chi connectivity index (χ4n) is 2.37. The van der Waals surface area contributed by atoms with Crippen molar-refractivity contribution in [1.82, 2.24) is 9.97 Å². The average Bonchev–Trinajstić information content (AvgIpc) is 3.14. The van der Waals surface area contributed by atoms with Crippen molar-refractivity contribution in [2.24, 2.45) is 0 Å². The second-order valence-corrected chi connectivity index (χ2v) is 5.18.